The van der Waals surface area contributed by atoms with E-state index in [1.54, 1.807) is 0 Å². The molecule has 3 rings (SSSR count). The Bertz CT molecular complexity index is 542. The van der Waals surface area contributed by atoms with Gasteiger partial charge in [0.2, 0.25) is 5.91 Å². The maximum atomic E-state index is 13.0. The monoisotopic (exact) mass is 364 g/mol. The van der Waals surface area contributed by atoms with Crippen LogP contribution in [0.4, 0.5) is 0 Å². The topological polar surface area (TPSA) is 75.7 Å². The van der Waals surface area contributed by atoms with Gasteiger partial charge in [-0.05, 0) is 51.4 Å². The molecule has 2 aliphatic heterocycles. The van der Waals surface area contributed by atoms with E-state index in [-0.39, 0.29) is 35.8 Å². The van der Waals surface area contributed by atoms with Crippen LogP contribution in [0.25, 0.3) is 0 Å². The van der Waals surface area contributed by atoms with Crippen molar-refractivity contribution in [3.05, 3.63) is 0 Å². The lowest BCUT2D eigenvalue weighted by molar-refractivity contribution is -0.148. The molecule has 146 valence electrons. The number of hydrogen-bond donors (Lipinski definition) is 1. The van der Waals surface area contributed by atoms with Crippen LogP contribution >= 0.6 is 0 Å². The highest BCUT2D eigenvalue weighted by Gasteiger charge is 2.36. The number of amides is 2. The van der Waals surface area contributed by atoms with Crippen molar-refractivity contribution >= 4 is 17.8 Å². The number of rotatable bonds is 4. The Morgan fingerprint density at radius 2 is 1.85 bits per heavy atom. The third kappa shape index (κ3) is 4.38. The van der Waals surface area contributed by atoms with Crippen molar-refractivity contribution in [3.63, 3.8) is 0 Å². The standard InChI is InChI=1S/C20H32N2O4/c1-3-14-5-7-15(8-6-14)20(25)22-12-16(9-4-13(22)2)21-19(24)17-10-11-18(23)26-17/h13-17H,3-12H2,1-2H3,(H,21,24)/t13-,14?,15?,16-,17+/m1/s1. The molecular weight excluding hydrogens is 332 g/mol. The number of hydrogen-bond acceptors (Lipinski definition) is 4. The van der Waals surface area contributed by atoms with Crippen molar-refractivity contribution < 1.29 is 19.1 Å². The van der Waals surface area contributed by atoms with Crippen molar-refractivity contribution in [2.45, 2.75) is 89.8 Å². The zero-order valence-electron chi connectivity index (χ0n) is 16.0. The smallest absolute Gasteiger partial charge is 0.306 e. The van der Waals surface area contributed by atoms with Gasteiger partial charge in [-0.25, -0.2) is 0 Å². The van der Waals surface area contributed by atoms with Crippen molar-refractivity contribution in [2.24, 2.45) is 11.8 Å². The normalized spacial score (nSPS) is 35.1. The molecule has 0 aromatic rings. The van der Waals surface area contributed by atoms with Gasteiger partial charge in [-0.2, -0.15) is 0 Å². The Hall–Kier alpha value is -1.59. The minimum Gasteiger partial charge on any atom is -0.452 e. The largest absolute Gasteiger partial charge is 0.452 e. The van der Waals surface area contributed by atoms with Gasteiger partial charge in [0.1, 0.15) is 0 Å². The van der Waals surface area contributed by atoms with Gasteiger partial charge < -0.3 is 15.0 Å². The fraction of sp³-hybridized carbons (Fsp3) is 0.850. The summed E-state index contributed by atoms with van der Waals surface area (Å²) in [6.07, 6.45) is 7.37. The van der Waals surface area contributed by atoms with Crippen molar-refractivity contribution in [3.8, 4) is 0 Å². The lowest BCUT2D eigenvalue weighted by Gasteiger charge is -2.41. The molecule has 0 aromatic heterocycles. The Morgan fingerprint density at radius 1 is 1.12 bits per heavy atom. The molecule has 0 bridgehead atoms. The van der Waals surface area contributed by atoms with E-state index in [4.69, 9.17) is 4.74 Å². The zero-order valence-corrected chi connectivity index (χ0v) is 16.0. The number of carbonyl (C=O) groups excluding carboxylic acids is 3. The van der Waals surface area contributed by atoms with Crippen LogP contribution in [0.3, 0.4) is 0 Å². The average Bonchev–Trinajstić information content (AvgIpc) is 3.09. The summed E-state index contributed by atoms with van der Waals surface area (Å²) in [4.78, 5) is 38.5. The minimum absolute atomic E-state index is 0.0473. The predicted molar refractivity (Wildman–Crippen MR) is 97.2 cm³/mol. The van der Waals surface area contributed by atoms with Crippen LogP contribution in [0.15, 0.2) is 0 Å². The van der Waals surface area contributed by atoms with E-state index >= 15 is 0 Å². The number of cyclic esters (lactones) is 1. The average molecular weight is 364 g/mol. The van der Waals surface area contributed by atoms with Gasteiger partial charge in [0.15, 0.2) is 6.10 Å². The third-order valence-corrected chi connectivity index (χ3v) is 6.46. The maximum Gasteiger partial charge on any atom is 0.306 e. The summed E-state index contributed by atoms with van der Waals surface area (Å²) in [5, 5.41) is 3.00. The molecule has 26 heavy (non-hydrogen) atoms. The molecule has 0 unspecified atom stereocenters. The minimum atomic E-state index is -0.657. The summed E-state index contributed by atoms with van der Waals surface area (Å²) in [5.74, 6) is 0.663. The number of carbonyl (C=O) groups is 3. The second kappa shape index (κ2) is 8.40. The van der Waals surface area contributed by atoms with E-state index in [1.807, 2.05) is 4.90 Å². The lowest BCUT2D eigenvalue weighted by atomic mass is 9.80. The molecule has 2 saturated heterocycles. The first-order valence-corrected chi connectivity index (χ1v) is 10.3. The molecule has 3 fully saturated rings. The molecule has 3 atom stereocenters. The van der Waals surface area contributed by atoms with Crippen LogP contribution in [-0.4, -0.2) is 47.4 Å². The quantitative estimate of drug-likeness (QED) is 0.777. The van der Waals surface area contributed by atoms with Gasteiger partial charge in [-0.15, -0.1) is 0 Å². The van der Waals surface area contributed by atoms with E-state index < -0.39 is 6.10 Å². The summed E-state index contributed by atoms with van der Waals surface area (Å²) >= 11 is 0. The van der Waals surface area contributed by atoms with Gasteiger partial charge in [0.05, 0.1) is 0 Å². The number of nitrogens with zero attached hydrogens (tertiary/aromatic N) is 1. The summed E-state index contributed by atoms with van der Waals surface area (Å²) in [6, 6.07) is 0.179. The van der Waals surface area contributed by atoms with E-state index in [9.17, 15) is 14.4 Å². The molecule has 2 amide bonds. The highest BCUT2D eigenvalue weighted by Crippen LogP contribution is 2.33. The van der Waals surface area contributed by atoms with E-state index in [0.29, 0.717) is 19.4 Å². The lowest BCUT2D eigenvalue weighted by Crippen LogP contribution is -2.55. The van der Waals surface area contributed by atoms with Crippen LogP contribution in [0.5, 0.6) is 0 Å². The summed E-state index contributed by atoms with van der Waals surface area (Å²) in [5.41, 5.74) is 0. The second-order valence-electron chi connectivity index (χ2n) is 8.27. The first-order chi connectivity index (χ1) is 12.5. The Morgan fingerprint density at radius 3 is 2.46 bits per heavy atom. The molecule has 1 N–H and O–H groups in total. The van der Waals surface area contributed by atoms with Crippen molar-refractivity contribution in [1.82, 2.24) is 10.2 Å². The fourth-order valence-electron chi connectivity index (χ4n) is 4.59. The number of esters is 1. The van der Waals surface area contributed by atoms with Crippen LogP contribution in [0.2, 0.25) is 0 Å². The molecule has 6 nitrogen and oxygen atoms in total. The van der Waals surface area contributed by atoms with Crippen molar-refractivity contribution in [1.29, 1.82) is 0 Å². The summed E-state index contributed by atoms with van der Waals surface area (Å²) < 4.78 is 5.04. The number of likely N-dealkylation sites (tertiary alicyclic amines) is 1. The Labute approximate surface area is 156 Å². The number of ether oxygens (including phenoxy) is 1. The van der Waals surface area contributed by atoms with E-state index in [2.05, 4.69) is 19.2 Å². The number of nitrogens with one attached hydrogen (secondary N) is 1. The molecule has 3 aliphatic rings. The molecule has 6 heteroatoms. The Balaban J connectivity index is 1.53. The van der Waals surface area contributed by atoms with Gasteiger partial charge >= 0.3 is 5.97 Å². The van der Waals surface area contributed by atoms with Crippen LogP contribution in [0.1, 0.15) is 71.6 Å². The summed E-state index contributed by atoms with van der Waals surface area (Å²) in [7, 11) is 0. The molecular formula is C20H32N2O4. The first kappa shape index (κ1) is 19.2. The predicted octanol–water partition coefficient (Wildman–Crippen LogP) is 2.40. The van der Waals surface area contributed by atoms with Crippen LogP contribution in [0, 0.1) is 11.8 Å². The highest BCUT2D eigenvalue weighted by molar-refractivity contribution is 5.86. The fourth-order valence-corrected chi connectivity index (χ4v) is 4.59. The van der Waals surface area contributed by atoms with Gasteiger partial charge in [0, 0.05) is 37.4 Å². The molecule has 0 radical (unpaired) electrons. The number of piperidine rings is 1. The maximum absolute atomic E-state index is 13.0. The second-order valence-corrected chi connectivity index (χ2v) is 8.27. The van der Waals surface area contributed by atoms with Gasteiger partial charge in [-0.3, -0.25) is 14.4 Å². The molecule has 1 aliphatic carbocycles. The first-order valence-electron chi connectivity index (χ1n) is 10.3. The Kier molecular flexibility index (Phi) is 6.20. The van der Waals surface area contributed by atoms with Gasteiger partial charge in [0.25, 0.3) is 5.91 Å². The summed E-state index contributed by atoms with van der Waals surface area (Å²) in [6.45, 7) is 4.90. The van der Waals surface area contributed by atoms with Crippen molar-refractivity contribution in [2.75, 3.05) is 6.54 Å². The third-order valence-electron chi connectivity index (χ3n) is 6.46. The van der Waals surface area contributed by atoms with Crippen LogP contribution in [-0.2, 0) is 19.1 Å². The molecule has 2 heterocycles. The highest BCUT2D eigenvalue weighted by atomic mass is 16.6. The van der Waals surface area contributed by atoms with Crippen LogP contribution < -0.4 is 5.32 Å². The molecule has 0 aromatic carbocycles. The van der Waals surface area contributed by atoms with E-state index in [0.717, 1.165) is 44.4 Å². The zero-order chi connectivity index (χ0) is 18.7. The van der Waals surface area contributed by atoms with Gasteiger partial charge in [-0.1, -0.05) is 13.3 Å². The molecule has 0 spiro atoms. The molecule has 1 saturated carbocycles. The van der Waals surface area contributed by atoms with E-state index in [1.165, 1.54) is 6.42 Å². The SMILES string of the molecule is CCC1CCC(C(=O)N2C[C@H](NC(=O)[C@@H]3CCC(=O)O3)CC[C@H]2C)CC1.